The first-order chi connectivity index (χ1) is 11.1. The van der Waals surface area contributed by atoms with E-state index in [4.69, 9.17) is 9.47 Å². The normalized spacial score (nSPS) is 20.7. The van der Waals surface area contributed by atoms with Crippen LogP contribution in [0.25, 0.3) is 0 Å². The van der Waals surface area contributed by atoms with Gasteiger partial charge in [0, 0.05) is 6.61 Å². The van der Waals surface area contributed by atoms with Gasteiger partial charge in [0.2, 0.25) is 5.91 Å². The number of rotatable bonds is 5. The Balaban J connectivity index is 1.68. The molecule has 122 valence electrons. The van der Waals surface area contributed by atoms with Gasteiger partial charge in [-0.25, -0.2) is 9.59 Å². The van der Waals surface area contributed by atoms with Gasteiger partial charge < -0.3 is 14.8 Å². The Hall–Kier alpha value is -2.41. The maximum atomic E-state index is 12.3. The molecule has 7 heteroatoms. The van der Waals surface area contributed by atoms with Crippen molar-refractivity contribution in [3.05, 3.63) is 35.4 Å². The van der Waals surface area contributed by atoms with Crippen LogP contribution in [0, 0.1) is 0 Å². The van der Waals surface area contributed by atoms with Gasteiger partial charge in [0.1, 0.15) is 6.61 Å². The topological polar surface area (TPSA) is 84.9 Å². The Labute approximate surface area is 133 Å². The summed E-state index contributed by atoms with van der Waals surface area (Å²) in [6.07, 6.45) is 1.82. The summed E-state index contributed by atoms with van der Waals surface area (Å²) in [7, 11) is 0. The molecule has 3 amide bonds. The van der Waals surface area contributed by atoms with E-state index in [1.807, 2.05) is 0 Å². The van der Waals surface area contributed by atoms with Gasteiger partial charge in [-0.05, 0) is 24.5 Å². The van der Waals surface area contributed by atoms with Gasteiger partial charge in [-0.1, -0.05) is 18.2 Å². The molecule has 7 nitrogen and oxygen atoms in total. The zero-order valence-corrected chi connectivity index (χ0v) is 12.6. The molecule has 0 bridgehead atoms. The van der Waals surface area contributed by atoms with E-state index in [-0.39, 0.29) is 31.7 Å². The van der Waals surface area contributed by atoms with Crippen LogP contribution in [0.4, 0.5) is 4.79 Å². The molecule has 0 saturated carbocycles. The van der Waals surface area contributed by atoms with Crippen molar-refractivity contribution in [1.29, 1.82) is 0 Å². The first kappa shape index (κ1) is 15.5. The van der Waals surface area contributed by atoms with Crippen LogP contribution in [0.15, 0.2) is 24.3 Å². The van der Waals surface area contributed by atoms with E-state index in [1.54, 1.807) is 24.3 Å². The Morgan fingerprint density at radius 1 is 1.35 bits per heavy atom. The highest BCUT2D eigenvalue weighted by Gasteiger charge is 2.29. The molecule has 0 radical (unpaired) electrons. The van der Waals surface area contributed by atoms with Crippen LogP contribution in [0.1, 0.15) is 28.8 Å². The van der Waals surface area contributed by atoms with Crippen LogP contribution in [0.2, 0.25) is 0 Å². The van der Waals surface area contributed by atoms with E-state index < -0.39 is 12.0 Å². The summed E-state index contributed by atoms with van der Waals surface area (Å²) in [5.74, 6) is -0.777. The van der Waals surface area contributed by atoms with E-state index >= 15 is 0 Å². The van der Waals surface area contributed by atoms with E-state index in [1.165, 1.54) is 0 Å². The fourth-order valence-corrected chi connectivity index (χ4v) is 2.67. The third-order valence-corrected chi connectivity index (χ3v) is 3.93. The quantitative estimate of drug-likeness (QED) is 0.648. The number of hydrogen-bond donors (Lipinski definition) is 1. The number of urea groups is 1. The molecule has 2 heterocycles. The molecular weight excluding hydrogens is 300 g/mol. The fourth-order valence-electron chi connectivity index (χ4n) is 2.67. The van der Waals surface area contributed by atoms with Crippen LogP contribution in [-0.4, -0.2) is 48.7 Å². The van der Waals surface area contributed by atoms with Crippen LogP contribution in [0.5, 0.6) is 0 Å². The van der Waals surface area contributed by atoms with Crippen molar-refractivity contribution in [2.45, 2.75) is 25.5 Å². The number of carbonyl (C=O) groups excluding carboxylic acids is 3. The van der Waals surface area contributed by atoms with E-state index in [0.29, 0.717) is 17.7 Å². The van der Waals surface area contributed by atoms with Crippen LogP contribution >= 0.6 is 0 Å². The van der Waals surface area contributed by atoms with Crippen LogP contribution in [0.3, 0.4) is 0 Å². The molecule has 0 aliphatic carbocycles. The molecule has 2 saturated heterocycles. The van der Waals surface area contributed by atoms with Crippen molar-refractivity contribution in [3.8, 4) is 0 Å². The first-order valence-corrected chi connectivity index (χ1v) is 7.60. The minimum Gasteiger partial charge on any atom is -0.459 e. The summed E-state index contributed by atoms with van der Waals surface area (Å²) in [5, 5.41) is 2.46. The lowest BCUT2D eigenvalue weighted by molar-refractivity contribution is -0.125. The predicted octanol–water partition coefficient (Wildman–Crippen LogP) is 1.07. The average molecular weight is 318 g/mol. The van der Waals surface area contributed by atoms with Crippen molar-refractivity contribution >= 4 is 17.9 Å². The van der Waals surface area contributed by atoms with Crippen molar-refractivity contribution in [2.24, 2.45) is 0 Å². The lowest BCUT2D eigenvalue weighted by Crippen LogP contribution is -2.31. The van der Waals surface area contributed by atoms with E-state index in [2.05, 4.69) is 5.32 Å². The molecule has 1 N–H and O–H groups in total. The second kappa shape index (κ2) is 6.78. The molecule has 0 spiro atoms. The molecule has 1 unspecified atom stereocenters. The first-order valence-electron chi connectivity index (χ1n) is 7.60. The van der Waals surface area contributed by atoms with Gasteiger partial charge in [0.15, 0.2) is 0 Å². The molecule has 1 aromatic rings. The lowest BCUT2D eigenvalue weighted by atomic mass is 10.1. The highest BCUT2D eigenvalue weighted by Crippen LogP contribution is 2.17. The monoisotopic (exact) mass is 318 g/mol. The maximum absolute atomic E-state index is 12.3. The van der Waals surface area contributed by atoms with Gasteiger partial charge in [-0.3, -0.25) is 9.69 Å². The summed E-state index contributed by atoms with van der Waals surface area (Å²) in [5.41, 5.74) is 0.938. The summed E-state index contributed by atoms with van der Waals surface area (Å²) in [6.45, 7) is 0.960. The van der Waals surface area contributed by atoms with Gasteiger partial charge >= 0.3 is 12.0 Å². The van der Waals surface area contributed by atoms with Crippen molar-refractivity contribution in [1.82, 2.24) is 10.2 Å². The molecule has 23 heavy (non-hydrogen) atoms. The average Bonchev–Trinajstić information content (AvgIpc) is 3.18. The Morgan fingerprint density at radius 3 is 2.87 bits per heavy atom. The summed E-state index contributed by atoms with van der Waals surface area (Å²) >= 11 is 0. The molecule has 0 aromatic heterocycles. The molecule has 2 aliphatic rings. The van der Waals surface area contributed by atoms with E-state index in [9.17, 15) is 14.4 Å². The van der Waals surface area contributed by atoms with Crippen molar-refractivity contribution < 1.29 is 23.9 Å². The van der Waals surface area contributed by atoms with E-state index in [0.717, 1.165) is 17.7 Å². The number of nitrogens with zero attached hydrogens (tertiary/aromatic N) is 1. The highest BCUT2D eigenvalue weighted by molar-refractivity contribution is 6.02. The number of imide groups is 1. The largest absolute Gasteiger partial charge is 0.459 e. The molecule has 3 rings (SSSR count). The van der Waals surface area contributed by atoms with Crippen molar-refractivity contribution in [2.75, 3.05) is 19.8 Å². The number of benzene rings is 1. The Kier molecular flexibility index (Phi) is 4.57. The second-order valence-corrected chi connectivity index (χ2v) is 5.53. The molecule has 1 atom stereocenters. The summed E-state index contributed by atoms with van der Waals surface area (Å²) < 4.78 is 10.7. The molecule has 2 aliphatic heterocycles. The van der Waals surface area contributed by atoms with Crippen LogP contribution < -0.4 is 5.32 Å². The zero-order valence-electron chi connectivity index (χ0n) is 12.6. The number of esters is 1. The number of amides is 3. The lowest BCUT2D eigenvalue weighted by Gasteiger charge is -2.16. The predicted molar refractivity (Wildman–Crippen MR) is 79.6 cm³/mol. The fraction of sp³-hybridized carbons (Fsp3) is 0.438. The minimum absolute atomic E-state index is 0.00946. The van der Waals surface area contributed by atoms with Gasteiger partial charge in [-0.2, -0.15) is 0 Å². The third kappa shape index (κ3) is 3.50. The number of nitrogens with one attached hydrogen (secondary N) is 1. The van der Waals surface area contributed by atoms with Crippen LogP contribution in [-0.2, 0) is 20.8 Å². The Morgan fingerprint density at radius 2 is 2.17 bits per heavy atom. The SMILES string of the molecule is O=C(OCC1CCCO1)c1ccccc1CN1C(=O)CNC1=O. The molecule has 2 fully saturated rings. The molecule has 1 aromatic carbocycles. The summed E-state index contributed by atoms with van der Waals surface area (Å²) in [6, 6.07) is 6.37. The maximum Gasteiger partial charge on any atom is 0.338 e. The number of hydrogen-bond acceptors (Lipinski definition) is 5. The Bertz CT molecular complexity index is 609. The van der Waals surface area contributed by atoms with Gasteiger partial charge in [0.25, 0.3) is 0 Å². The smallest absolute Gasteiger partial charge is 0.338 e. The molecular formula is C16H18N2O5. The zero-order chi connectivity index (χ0) is 16.2. The number of ether oxygens (including phenoxy) is 2. The highest BCUT2D eigenvalue weighted by atomic mass is 16.6. The summed E-state index contributed by atoms with van der Waals surface area (Å²) in [4.78, 5) is 36.7. The second-order valence-electron chi connectivity index (χ2n) is 5.53. The van der Waals surface area contributed by atoms with Gasteiger partial charge in [0.05, 0.1) is 24.8 Å². The van der Waals surface area contributed by atoms with Crippen molar-refractivity contribution in [3.63, 3.8) is 0 Å². The third-order valence-electron chi connectivity index (χ3n) is 3.93. The number of carbonyl (C=O) groups is 3. The minimum atomic E-state index is -0.469. The van der Waals surface area contributed by atoms with Gasteiger partial charge in [-0.15, -0.1) is 0 Å². The standard InChI is InChI=1S/C16H18N2O5/c19-14-8-17-16(21)18(14)9-11-4-1-2-6-13(11)15(20)23-10-12-5-3-7-22-12/h1-2,4,6,12H,3,5,7-10H2,(H,17,21).